The summed E-state index contributed by atoms with van der Waals surface area (Å²) in [7, 11) is -3.67. The second kappa shape index (κ2) is 10.7. The van der Waals surface area contributed by atoms with Crippen LogP contribution in [0.1, 0.15) is 25.8 Å². The van der Waals surface area contributed by atoms with E-state index in [2.05, 4.69) is 10.0 Å². The van der Waals surface area contributed by atoms with Gasteiger partial charge in [0.25, 0.3) is 0 Å². The van der Waals surface area contributed by atoms with E-state index < -0.39 is 10.0 Å². The van der Waals surface area contributed by atoms with Crippen LogP contribution in [0.25, 0.3) is 0 Å². The quantitative estimate of drug-likeness (QED) is 0.598. The minimum Gasteiger partial charge on any atom is -0.494 e. The van der Waals surface area contributed by atoms with Crippen LogP contribution in [0.5, 0.6) is 11.5 Å². The predicted molar refractivity (Wildman–Crippen MR) is 107 cm³/mol. The number of ether oxygens (including phenoxy) is 2. The Morgan fingerprint density at radius 3 is 2.32 bits per heavy atom. The van der Waals surface area contributed by atoms with Crippen molar-refractivity contribution >= 4 is 15.9 Å². The molecule has 2 N–H and O–H groups in total. The van der Waals surface area contributed by atoms with E-state index in [1.807, 2.05) is 38.1 Å². The molecule has 0 radical (unpaired) electrons. The zero-order valence-electron chi connectivity index (χ0n) is 16.1. The van der Waals surface area contributed by atoms with Crippen LogP contribution in [0, 0.1) is 0 Å². The van der Waals surface area contributed by atoms with Gasteiger partial charge in [0, 0.05) is 19.5 Å². The van der Waals surface area contributed by atoms with Gasteiger partial charge in [-0.25, -0.2) is 13.1 Å². The van der Waals surface area contributed by atoms with Gasteiger partial charge in [-0.2, -0.15) is 0 Å². The fourth-order valence-corrected chi connectivity index (χ4v) is 3.50. The smallest absolute Gasteiger partial charge is 0.240 e. The number of hydrogen-bond donors (Lipinski definition) is 2. The second-order valence-electron chi connectivity index (χ2n) is 5.91. The molecule has 0 heterocycles. The van der Waals surface area contributed by atoms with Crippen LogP contribution < -0.4 is 19.5 Å². The third kappa shape index (κ3) is 6.86. The highest BCUT2D eigenvalue weighted by Crippen LogP contribution is 2.16. The summed E-state index contributed by atoms with van der Waals surface area (Å²) in [6, 6.07) is 13.6. The summed E-state index contributed by atoms with van der Waals surface area (Å²) in [5.41, 5.74) is 0.911. The Kier molecular flexibility index (Phi) is 8.28. The van der Waals surface area contributed by atoms with Crippen molar-refractivity contribution < 1.29 is 22.7 Å². The molecule has 0 unspecified atom stereocenters. The molecule has 28 heavy (non-hydrogen) atoms. The topological polar surface area (TPSA) is 93.7 Å². The molecule has 7 nitrogen and oxygen atoms in total. The highest BCUT2D eigenvalue weighted by atomic mass is 32.2. The molecule has 0 saturated heterocycles. The van der Waals surface area contributed by atoms with E-state index in [9.17, 15) is 13.2 Å². The Balaban J connectivity index is 1.78. The summed E-state index contributed by atoms with van der Waals surface area (Å²) in [4.78, 5) is 12.1. The van der Waals surface area contributed by atoms with Crippen molar-refractivity contribution in [3.05, 3.63) is 54.1 Å². The van der Waals surface area contributed by atoms with Crippen molar-refractivity contribution in [3.8, 4) is 11.5 Å². The molecule has 1 amide bonds. The Bertz CT molecular complexity index is 866. The molecule has 0 aliphatic heterocycles. The number of carbonyl (C=O) groups is 1. The first-order chi connectivity index (χ1) is 13.4. The van der Waals surface area contributed by atoms with Gasteiger partial charge in [-0.05, 0) is 55.8 Å². The van der Waals surface area contributed by atoms with Gasteiger partial charge in [0.1, 0.15) is 11.5 Å². The van der Waals surface area contributed by atoms with E-state index in [1.54, 1.807) is 12.1 Å². The van der Waals surface area contributed by atoms with Crippen LogP contribution in [0.15, 0.2) is 53.4 Å². The van der Waals surface area contributed by atoms with Gasteiger partial charge < -0.3 is 14.8 Å². The van der Waals surface area contributed by atoms with Crippen molar-refractivity contribution in [1.29, 1.82) is 0 Å². The highest BCUT2D eigenvalue weighted by molar-refractivity contribution is 7.89. The number of rotatable bonds is 11. The zero-order valence-corrected chi connectivity index (χ0v) is 16.9. The Hall–Kier alpha value is -2.58. The van der Waals surface area contributed by atoms with Crippen LogP contribution in [0.2, 0.25) is 0 Å². The summed E-state index contributed by atoms with van der Waals surface area (Å²) in [5.74, 6) is 1.11. The van der Waals surface area contributed by atoms with E-state index in [4.69, 9.17) is 9.47 Å². The van der Waals surface area contributed by atoms with Crippen molar-refractivity contribution in [2.75, 3.05) is 19.8 Å². The minimum absolute atomic E-state index is 0.0142. The Morgan fingerprint density at radius 1 is 0.964 bits per heavy atom. The lowest BCUT2D eigenvalue weighted by atomic mass is 10.2. The molecule has 0 spiro atoms. The third-order valence-electron chi connectivity index (χ3n) is 3.79. The maximum Gasteiger partial charge on any atom is 0.240 e. The van der Waals surface area contributed by atoms with Gasteiger partial charge in [0.2, 0.25) is 15.9 Å². The normalized spacial score (nSPS) is 11.1. The maximum atomic E-state index is 12.3. The summed E-state index contributed by atoms with van der Waals surface area (Å²) in [6.45, 7) is 5.21. The maximum absolute atomic E-state index is 12.3. The molecule has 0 bridgehead atoms. The summed E-state index contributed by atoms with van der Waals surface area (Å²) >= 11 is 0. The number of amides is 1. The van der Waals surface area contributed by atoms with Crippen molar-refractivity contribution in [2.45, 2.75) is 31.7 Å². The van der Waals surface area contributed by atoms with Gasteiger partial charge in [0.05, 0.1) is 18.1 Å². The minimum atomic E-state index is -3.67. The first-order valence-corrected chi connectivity index (χ1v) is 10.6. The predicted octanol–water partition coefficient (Wildman–Crippen LogP) is 2.47. The van der Waals surface area contributed by atoms with E-state index in [0.717, 1.165) is 11.3 Å². The van der Waals surface area contributed by atoms with Gasteiger partial charge in [0.15, 0.2) is 0 Å². The molecule has 2 rings (SSSR count). The van der Waals surface area contributed by atoms with Gasteiger partial charge >= 0.3 is 0 Å². The molecular formula is C20H26N2O5S. The summed E-state index contributed by atoms with van der Waals surface area (Å²) < 4.78 is 37.7. The van der Waals surface area contributed by atoms with Gasteiger partial charge in [-0.3, -0.25) is 4.79 Å². The number of nitrogens with one attached hydrogen (secondary N) is 2. The number of carbonyl (C=O) groups excluding carboxylic acids is 1. The standard InChI is InChI=1S/C20H26N2O5S/c1-3-26-17-8-10-19(11-9-17)28(24,25)22-13-12-20(23)21-15-16-6-5-7-18(14-16)27-4-2/h5-11,14,22H,3-4,12-13,15H2,1-2H3,(H,21,23). The Morgan fingerprint density at radius 2 is 1.64 bits per heavy atom. The van der Waals surface area contributed by atoms with Gasteiger partial charge in [-0.1, -0.05) is 12.1 Å². The van der Waals surface area contributed by atoms with Crippen LogP contribution in [-0.2, 0) is 21.4 Å². The Labute approximate surface area is 166 Å². The molecule has 0 aromatic heterocycles. The fraction of sp³-hybridized carbons (Fsp3) is 0.350. The average molecular weight is 407 g/mol. The summed E-state index contributed by atoms with van der Waals surface area (Å²) in [5, 5.41) is 2.77. The second-order valence-corrected chi connectivity index (χ2v) is 7.68. The van der Waals surface area contributed by atoms with Crippen molar-refractivity contribution in [1.82, 2.24) is 10.0 Å². The van der Waals surface area contributed by atoms with Gasteiger partial charge in [-0.15, -0.1) is 0 Å². The molecule has 0 atom stereocenters. The molecule has 0 fully saturated rings. The lowest BCUT2D eigenvalue weighted by Crippen LogP contribution is -2.30. The first-order valence-electron chi connectivity index (χ1n) is 9.15. The van der Waals surface area contributed by atoms with Crippen LogP contribution in [0.3, 0.4) is 0 Å². The largest absolute Gasteiger partial charge is 0.494 e. The molecular weight excluding hydrogens is 380 g/mol. The van der Waals surface area contributed by atoms with Crippen LogP contribution in [0.4, 0.5) is 0 Å². The van der Waals surface area contributed by atoms with E-state index >= 15 is 0 Å². The first kappa shape index (κ1) is 21.7. The number of benzene rings is 2. The third-order valence-corrected chi connectivity index (χ3v) is 5.27. The van der Waals surface area contributed by atoms with Crippen LogP contribution >= 0.6 is 0 Å². The highest BCUT2D eigenvalue weighted by Gasteiger charge is 2.14. The average Bonchev–Trinajstić information content (AvgIpc) is 2.68. The lowest BCUT2D eigenvalue weighted by molar-refractivity contribution is -0.121. The van der Waals surface area contributed by atoms with Crippen LogP contribution in [-0.4, -0.2) is 34.1 Å². The molecule has 0 aliphatic rings. The van der Waals surface area contributed by atoms with Crippen molar-refractivity contribution in [3.63, 3.8) is 0 Å². The SMILES string of the molecule is CCOc1ccc(S(=O)(=O)NCCC(=O)NCc2cccc(OCC)c2)cc1. The lowest BCUT2D eigenvalue weighted by Gasteiger charge is -2.09. The van der Waals surface area contributed by atoms with E-state index in [0.29, 0.717) is 25.5 Å². The number of hydrogen-bond acceptors (Lipinski definition) is 5. The van der Waals surface area contributed by atoms with E-state index in [-0.39, 0.29) is 23.8 Å². The molecule has 2 aromatic rings. The number of sulfonamides is 1. The summed E-state index contributed by atoms with van der Waals surface area (Å²) in [6.07, 6.45) is 0.0431. The van der Waals surface area contributed by atoms with E-state index in [1.165, 1.54) is 12.1 Å². The zero-order chi connectivity index (χ0) is 20.4. The monoisotopic (exact) mass is 406 g/mol. The molecule has 0 saturated carbocycles. The molecule has 8 heteroatoms. The fourth-order valence-electron chi connectivity index (χ4n) is 2.46. The molecule has 0 aliphatic carbocycles. The molecule has 152 valence electrons. The molecule has 2 aromatic carbocycles. The van der Waals surface area contributed by atoms with Crippen molar-refractivity contribution in [2.24, 2.45) is 0 Å².